The Kier molecular flexibility index (Phi) is 13.7. The molecule has 0 heterocycles. The Morgan fingerprint density at radius 2 is 1.50 bits per heavy atom. The third kappa shape index (κ3) is 10.9. The first-order valence-electron chi connectivity index (χ1n) is 7.42. The van der Waals surface area contributed by atoms with Crippen LogP contribution in [-0.4, -0.2) is 11.5 Å². The third-order valence-electron chi connectivity index (χ3n) is 3.29. The molecule has 0 nitrogen and oxygen atoms in total. The summed E-state index contributed by atoms with van der Waals surface area (Å²) in [6.45, 7) is 6.93. The van der Waals surface area contributed by atoms with Crippen LogP contribution in [0.15, 0.2) is 0 Å². The second-order valence-electron chi connectivity index (χ2n) is 4.91. The van der Waals surface area contributed by atoms with Gasteiger partial charge in [0.15, 0.2) is 0 Å². The molecule has 0 amide bonds. The SMILES string of the molecule is CCCCCCCSCC(CC)CCCC. The quantitative estimate of drug-likeness (QED) is 0.385. The van der Waals surface area contributed by atoms with Crippen molar-refractivity contribution in [2.24, 2.45) is 5.92 Å². The van der Waals surface area contributed by atoms with Crippen LogP contribution in [0.4, 0.5) is 0 Å². The lowest BCUT2D eigenvalue weighted by molar-refractivity contribution is 0.499. The maximum absolute atomic E-state index is 2.35. The molecular formula is C15H32S. The Morgan fingerprint density at radius 3 is 2.12 bits per heavy atom. The van der Waals surface area contributed by atoms with Crippen LogP contribution in [0, 0.1) is 5.92 Å². The van der Waals surface area contributed by atoms with Gasteiger partial charge >= 0.3 is 0 Å². The summed E-state index contributed by atoms with van der Waals surface area (Å²) in [5, 5.41) is 0. The van der Waals surface area contributed by atoms with Gasteiger partial charge in [-0.2, -0.15) is 11.8 Å². The molecule has 1 heteroatoms. The zero-order valence-electron chi connectivity index (χ0n) is 11.8. The number of hydrogen-bond donors (Lipinski definition) is 0. The average Bonchev–Trinajstić information content (AvgIpc) is 2.32. The molecule has 1 unspecified atom stereocenters. The topological polar surface area (TPSA) is 0 Å². The van der Waals surface area contributed by atoms with Crippen LogP contribution >= 0.6 is 11.8 Å². The van der Waals surface area contributed by atoms with Gasteiger partial charge in [-0.25, -0.2) is 0 Å². The van der Waals surface area contributed by atoms with Crippen molar-refractivity contribution in [3.63, 3.8) is 0 Å². The predicted molar refractivity (Wildman–Crippen MR) is 79.4 cm³/mol. The van der Waals surface area contributed by atoms with Crippen LogP contribution in [0.3, 0.4) is 0 Å². The predicted octanol–water partition coefficient (Wildman–Crippen LogP) is 5.91. The van der Waals surface area contributed by atoms with Gasteiger partial charge in [-0.05, 0) is 30.3 Å². The van der Waals surface area contributed by atoms with Crippen molar-refractivity contribution in [3.05, 3.63) is 0 Å². The Morgan fingerprint density at radius 1 is 0.812 bits per heavy atom. The van der Waals surface area contributed by atoms with E-state index in [-0.39, 0.29) is 0 Å². The maximum atomic E-state index is 2.35. The van der Waals surface area contributed by atoms with E-state index in [2.05, 4.69) is 32.5 Å². The van der Waals surface area contributed by atoms with Gasteiger partial charge in [-0.1, -0.05) is 65.7 Å². The lowest BCUT2D eigenvalue weighted by Crippen LogP contribution is -2.02. The minimum Gasteiger partial charge on any atom is -0.162 e. The summed E-state index contributed by atoms with van der Waals surface area (Å²) in [4.78, 5) is 0. The van der Waals surface area contributed by atoms with Crippen LogP contribution in [-0.2, 0) is 0 Å². The molecule has 0 spiro atoms. The van der Waals surface area contributed by atoms with Crippen LogP contribution in [0.25, 0.3) is 0 Å². The molecule has 16 heavy (non-hydrogen) atoms. The van der Waals surface area contributed by atoms with Crippen molar-refractivity contribution >= 4 is 11.8 Å². The van der Waals surface area contributed by atoms with E-state index in [9.17, 15) is 0 Å². The summed E-state index contributed by atoms with van der Waals surface area (Å²) in [6, 6.07) is 0. The molecule has 0 aromatic rings. The second-order valence-corrected chi connectivity index (χ2v) is 6.06. The van der Waals surface area contributed by atoms with E-state index in [1.54, 1.807) is 0 Å². The van der Waals surface area contributed by atoms with Gasteiger partial charge in [0.05, 0.1) is 0 Å². The van der Waals surface area contributed by atoms with E-state index in [0.29, 0.717) is 0 Å². The smallest absolute Gasteiger partial charge is 0.00392 e. The Bertz CT molecular complexity index is 123. The van der Waals surface area contributed by atoms with Crippen LogP contribution in [0.1, 0.15) is 78.6 Å². The first kappa shape index (κ1) is 16.4. The molecule has 0 aliphatic heterocycles. The van der Waals surface area contributed by atoms with Crippen molar-refractivity contribution < 1.29 is 0 Å². The fraction of sp³-hybridized carbons (Fsp3) is 1.00. The highest BCUT2D eigenvalue weighted by Crippen LogP contribution is 2.19. The molecule has 98 valence electrons. The van der Waals surface area contributed by atoms with Gasteiger partial charge in [0, 0.05) is 0 Å². The zero-order chi connectivity index (χ0) is 12.1. The van der Waals surface area contributed by atoms with Crippen LogP contribution in [0.5, 0.6) is 0 Å². The maximum Gasteiger partial charge on any atom is -0.00392 e. The fourth-order valence-corrected chi connectivity index (χ4v) is 3.27. The first-order chi connectivity index (χ1) is 7.85. The fourth-order valence-electron chi connectivity index (χ4n) is 1.96. The van der Waals surface area contributed by atoms with Crippen molar-refractivity contribution in [2.75, 3.05) is 11.5 Å². The number of rotatable bonds is 12. The number of thioether (sulfide) groups is 1. The number of unbranched alkanes of at least 4 members (excludes halogenated alkanes) is 5. The van der Waals surface area contributed by atoms with Gasteiger partial charge in [0.2, 0.25) is 0 Å². The summed E-state index contributed by atoms with van der Waals surface area (Å²) < 4.78 is 0. The van der Waals surface area contributed by atoms with E-state index in [0.717, 1.165) is 5.92 Å². The highest BCUT2D eigenvalue weighted by molar-refractivity contribution is 7.99. The highest BCUT2D eigenvalue weighted by atomic mass is 32.2. The minimum absolute atomic E-state index is 0.987. The molecule has 0 aromatic heterocycles. The molecule has 0 aliphatic rings. The molecule has 0 bridgehead atoms. The highest BCUT2D eigenvalue weighted by Gasteiger charge is 2.05. The van der Waals surface area contributed by atoms with Gasteiger partial charge < -0.3 is 0 Å². The molecule has 1 atom stereocenters. The zero-order valence-corrected chi connectivity index (χ0v) is 12.6. The van der Waals surface area contributed by atoms with Gasteiger partial charge in [0.1, 0.15) is 0 Å². The van der Waals surface area contributed by atoms with E-state index in [1.807, 2.05) is 0 Å². The monoisotopic (exact) mass is 244 g/mol. The molecule has 0 radical (unpaired) electrons. The summed E-state index contributed by atoms with van der Waals surface area (Å²) in [5.41, 5.74) is 0. The molecule has 0 aromatic carbocycles. The van der Waals surface area contributed by atoms with Gasteiger partial charge in [-0.3, -0.25) is 0 Å². The Hall–Kier alpha value is 0.350. The van der Waals surface area contributed by atoms with E-state index < -0.39 is 0 Å². The van der Waals surface area contributed by atoms with E-state index in [1.165, 1.54) is 69.3 Å². The molecule has 0 rings (SSSR count). The molecule has 0 fully saturated rings. The van der Waals surface area contributed by atoms with Gasteiger partial charge in [0.25, 0.3) is 0 Å². The summed E-state index contributed by atoms with van der Waals surface area (Å²) in [5.74, 6) is 3.79. The average molecular weight is 244 g/mol. The van der Waals surface area contributed by atoms with Crippen LogP contribution in [0.2, 0.25) is 0 Å². The molecule has 0 aliphatic carbocycles. The largest absolute Gasteiger partial charge is 0.162 e. The summed E-state index contributed by atoms with van der Waals surface area (Å²) >= 11 is 2.19. The normalized spacial score (nSPS) is 12.9. The third-order valence-corrected chi connectivity index (χ3v) is 4.57. The Labute approximate surface area is 108 Å². The van der Waals surface area contributed by atoms with Crippen LogP contribution < -0.4 is 0 Å². The standard InChI is InChI=1S/C15H32S/c1-4-7-9-10-11-13-16-14-15(6-3)12-8-5-2/h15H,4-14H2,1-3H3. The van der Waals surface area contributed by atoms with E-state index >= 15 is 0 Å². The lowest BCUT2D eigenvalue weighted by Gasteiger charge is -2.13. The summed E-state index contributed by atoms with van der Waals surface area (Å²) in [7, 11) is 0. The minimum atomic E-state index is 0.987. The first-order valence-corrected chi connectivity index (χ1v) is 8.58. The van der Waals surface area contributed by atoms with Crippen molar-refractivity contribution in [3.8, 4) is 0 Å². The molecule has 0 saturated carbocycles. The van der Waals surface area contributed by atoms with Crippen molar-refractivity contribution in [1.29, 1.82) is 0 Å². The molecule has 0 saturated heterocycles. The second kappa shape index (κ2) is 13.4. The van der Waals surface area contributed by atoms with Gasteiger partial charge in [-0.15, -0.1) is 0 Å². The molecule has 0 N–H and O–H groups in total. The number of hydrogen-bond acceptors (Lipinski definition) is 1. The molecular weight excluding hydrogens is 212 g/mol. The Balaban J connectivity index is 3.20. The van der Waals surface area contributed by atoms with E-state index in [4.69, 9.17) is 0 Å². The van der Waals surface area contributed by atoms with Crippen molar-refractivity contribution in [1.82, 2.24) is 0 Å². The lowest BCUT2D eigenvalue weighted by atomic mass is 10.0. The van der Waals surface area contributed by atoms with Crippen molar-refractivity contribution in [2.45, 2.75) is 78.6 Å². The summed E-state index contributed by atoms with van der Waals surface area (Å²) in [6.07, 6.45) is 12.7.